The third kappa shape index (κ3) is 39.1. The third-order valence-corrected chi connectivity index (χ3v) is 5.50. The average molecular weight is 643 g/mol. The molecule has 0 aromatic carbocycles. The molecule has 0 amide bonds. The molecule has 0 bridgehead atoms. The molecule has 0 aromatic rings. The maximum atomic E-state index is 11.4. The Morgan fingerprint density at radius 3 is 0.955 bits per heavy atom. The number of hydrogen-bond donors (Lipinski definition) is 0. The Balaban J connectivity index is 3.07. The number of unbranched alkanes of at least 4 members (excludes halogenated alkanes) is 2. The largest absolute Gasteiger partial charge is 0.463 e. The van der Waals surface area contributed by atoms with E-state index in [9.17, 15) is 4.79 Å². The van der Waals surface area contributed by atoms with Gasteiger partial charge < -0.3 is 56.8 Å². The molecule has 0 aliphatic carbocycles. The van der Waals surface area contributed by atoms with Crippen LogP contribution in [0.3, 0.4) is 0 Å². The van der Waals surface area contributed by atoms with Crippen LogP contribution in [0, 0.1) is 0 Å². The van der Waals surface area contributed by atoms with Crippen molar-refractivity contribution in [3.05, 3.63) is 0 Å². The molecule has 0 unspecified atom stereocenters. The number of esters is 1. The number of carbonyl (C=O) groups excluding carboxylic acids is 1. The highest BCUT2D eigenvalue weighted by Gasteiger charge is 2.02. The summed E-state index contributed by atoms with van der Waals surface area (Å²) in [7, 11) is 0. The summed E-state index contributed by atoms with van der Waals surface area (Å²) in [4.78, 5) is 11.4. The van der Waals surface area contributed by atoms with E-state index in [1.807, 2.05) is 13.8 Å². The van der Waals surface area contributed by atoms with Gasteiger partial charge in [0.2, 0.25) is 0 Å². The molecule has 0 atom stereocenters. The van der Waals surface area contributed by atoms with Crippen molar-refractivity contribution in [3.8, 4) is 0 Å². The summed E-state index contributed by atoms with van der Waals surface area (Å²) in [6, 6.07) is 0. The summed E-state index contributed by atoms with van der Waals surface area (Å²) in [5, 5.41) is 0. The molecule has 0 heterocycles. The van der Waals surface area contributed by atoms with Gasteiger partial charge in [0, 0.05) is 6.42 Å². The molecule has 0 radical (unpaired) electrons. The van der Waals surface area contributed by atoms with Gasteiger partial charge in [0.25, 0.3) is 0 Å². The lowest BCUT2D eigenvalue weighted by Crippen LogP contribution is -2.16. The van der Waals surface area contributed by atoms with Crippen LogP contribution in [0.15, 0.2) is 0 Å². The normalized spacial score (nSPS) is 11.5. The SMILES string of the molecule is CCCCCC(=O)OCCOCCOCCOCCOCCOCCOCCOCCOCCOCCOCCOC(C)C. The van der Waals surface area contributed by atoms with E-state index in [2.05, 4.69) is 6.92 Å². The first-order valence-corrected chi connectivity index (χ1v) is 16.2. The van der Waals surface area contributed by atoms with E-state index >= 15 is 0 Å². The summed E-state index contributed by atoms with van der Waals surface area (Å²) in [6.45, 7) is 17.1. The second-order valence-corrected chi connectivity index (χ2v) is 9.72. The second kappa shape index (κ2) is 38.2. The standard InChI is InChI=1S/C31H62O13/c1-4-5-6-7-31(32)44-29-27-42-25-23-40-21-19-38-17-15-36-13-11-34-9-8-33-10-12-35-14-16-37-18-20-39-22-24-41-26-28-43-30(2)3/h30H,4-29H2,1-3H3. The highest BCUT2D eigenvalue weighted by molar-refractivity contribution is 5.69. The van der Waals surface area contributed by atoms with Crippen LogP contribution in [-0.4, -0.2) is 157 Å². The zero-order valence-corrected chi connectivity index (χ0v) is 27.8. The molecule has 264 valence electrons. The quantitative estimate of drug-likeness (QED) is 0.0724. The lowest BCUT2D eigenvalue weighted by Gasteiger charge is -2.09. The van der Waals surface area contributed by atoms with E-state index in [4.69, 9.17) is 56.8 Å². The maximum absolute atomic E-state index is 11.4. The second-order valence-electron chi connectivity index (χ2n) is 9.72. The maximum Gasteiger partial charge on any atom is 0.305 e. The van der Waals surface area contributed by atoms with Crippen molar-refractivity contribution in [2.75, 3.05) is 145 Å². The van der Waals surface area contributed by atoms with Crippen LogP contribution in [0.4, 0.5) is 0 Å². The Kier molecular flexibility index (Phi) is 37.4. The Hall–Kier alpha value is -0.970. The van der Waals surface area contributed by atoms with Crippen LogP contribution in [0.1, 0.15) is 46.5 Å². The first-order valence-electron chi connectivity index (χ1n) is 16.2. The van der Waals surface area contributed by atoms with Gasteiger partial charge in [0.1, 0.15) is 6.61 Å². The molecule has 0 aliphatic rings. The fraction of sp³-hybridized carbons (Fsp3) is 0.968. The lowest BCUT2D eigenvalue weighted by atomic mass is 10.2. The minimum Gasteiger partial charge on any atom is -0.463 e. The zero-order chi connectivity index (χ0) is 32.0. The molecule has 0 saturated heterocycles. The Morgan fingerprint density at radius 1 is 0.409 bits per heavy atom. The van der Waals surface area contributed by atoms with Gasteiger partial charge in [0.15, 0.2) is 0 Å². The number of ether oxygens (including phenoxy) is 12. The van der Waals surface area contributed by atoms with Crippen LogP contribution in [0.25, 0.3) is 0 Å². The van der Waals surface area contributed by atoms with Gasteiger partial charge in [-0.2, -0.15) is 0 Å². The summed E-state index contributed by atoms with van der Waals surface area (Å²) in [5.41, 5.74) is 0. The van der Waals surface area contributed by atoms with Crippen LogP contribution in [0.2, 0.25) is 0 Å². The van der Waals surface area contributed by atoms with E-state index in [0.717, 1.165) is 19.3 Å². The fourth-order valence-electron chi connectivity index (χ4n) is 3.23. The predicted octanol–water partition coefficient (Wildman–Crippen LogP) is 2.70. The minimum atomic E-state index is -0.159. The molecule has 0 fully saturated rings. The highest BCUT2D eigenvalue weighted by atomic mass is 16.6. The van der Waals surface area contributed by atoms with E-state index in [1.165, 1.54) is 0 Å². The van der Waals surface area contributed by atoms with Crippen LogP contribution >= 0.6 is 0 Å². The summed E-state index contributed by atoms with van der Waals surface area (Å²) < 4.78 is 64.9. The molecule has 0 rings (SSSR count). The highest BCUT2D eigenvalue weighted by Crippen LogP contribution is 2.00. The van der Waals surface area contributed by atoms with Gasteiger partial charge in [-0.05, 0) is 20.3 Å². The van der Waals surface area contributed by atoms with E-state index < -0.39 is 0 Å². The average Bonchev–Trinajstić information content (AvgIpc) is 3.01. The first kappa shape index (κ1) is 43.0. The molecule has 0 spiro atoms. The minimum absolute atomic E-state index is 0.159. The van der Waals surface area contributed by atoms with Crippen LogP contribution < -0.4 is 0 Å². The van der Waals surface area contributed by atoms with Crippen molar-refractivity contribution >= 4 is 5.97 Å². The molecule has 13 nitrogen and oxygen atoms in total. The molecular weight excluding hydrogens is 580 g/mol. The Bertz CT molecular complexity index is 555. The van der Waals surface area contributed by atoms with Crippen molar-refractivity contribution in [3.63, 3.8) is 0 Å². The topological polar surface area (TPSA) is 128 Å². The fourth-order valence-corrected chi connectivity index (χ4v) is 3.23. The Labute approximate surface area is 265 Å². The number of hydrogen-bond acceptors (Lipinski definition) is 13. The van der Waals surface area contributed by atoms with E-state index in [0.29, 0.717) is 145 Å². The summed E-state index contributed by atoms with van der Waals surface area (Å²) in [5.74, 6) is -0.159. The first-order chi connectivity index (χ1) is 21.7. The molecule has 0 aromatic heterocycles. The molecule has 44 heavy (non-hydrogen) atoms. The zero-order valence-electron chi connectivity index (χ0n) is 27.8. The van der Waals surface area contributed by atoms with Crippen molar-refractivity contribution in [1.29, 1.82) is 0 Å². The molecule has 0 N–H and O–H groups in total. The number of rotatable bonds is 38. The smallest absolute Gasteiger partial charge is 0.305 e. The van der Waals surface area contributed by atoms with Gasteiger partial charge in [-0.3, -0.25) is 4.79 Å². The van der Waals surface area contributed by atoms with Crippen molar-refractivity contribution < 1.29 is 61.6 Å². The van der Waals surface area contributed by atoms with Gasteiger partial charge in [-0.15, -0.1) is 0 Å². The lowest BCUT2D eigenvalue weighted by molar-refractivity contribution is -0.145. The predicted molar refractivity (Wildman–Crippen MR) is 164 cm³/mol. The molecule has 0 saturated carbocycles. The summed E-state index contributed by atoms with van der Waals surface area (Å²) >= 11 is 0. The van der Waals surface area contributed by atoms with Crippen LogP contribution in [0.5, 0.6) is 0 Å². The van der Waals surface area contributed by atoms with Crippen molar-refractivity contribution in [2.24, 2.45) is 0 Å². The van der Waals surface area contributed by atoms with Crippen LogP contribution in [-0.2, 0) is 61.6 Å². The van der Waals surface area contributed by atoms with Gasteiger partial charge >= 0.3 is 5.97 Å². The van der Waals surface area contributed by atoms with Gasteiger partial charge in [0.05, 0.1) is 145 Å². The third-order valence-electron chi connectivity index (χ3n) is 5.50. The molecule has 13 heteroatoms. The van der Waals surface area contributed by atoms with Crippen molar-refractivity contribution in [2.45, 2.75) is 52.6 Å². The molecule has 0 aliphatic heterocycles. The Morgan fingerprint density at radius 2 is 0.682 bits per heavy atom. The number of carbonyl (C=O) groups is 1. The summed E-state index contributed by atoms with van der Waals surface area (Å²) in [6.07, 6.45) is 3.73. The van der Waals surface area contributed by atoms with Gasteiger partial charge in [-0.1, -0.05) is 19.8 Å². The van der Waals surface area contributed by atoms with Gasteiger partial charge in [-0.25, -0.2) is 0 Å². The monoisotopic (exact) mass is 642 g/mol. The van der Waals surface area contributed by atoms with Crippen molar-refractivity contribution in [1.82, 2.24) is 0 Å². The molecular formula is C31H62O13. The van der Waals surface area contributed by atoms with E-state index in [1.54, 1.807) is 0 Å². The van der Waals surface area contributed by atoms with E-state index in [-0.39, 0.29) is 18.7 Å².